The average molecular weight is 554 g/mol. The van der Waals surface area contributed by atoms with Crippen LogP contribution >= 0.6 is 24.0 Å². The summed E-state index contributed by atoms with van der Waals surface area (Å²) in [6, 6.07) is 15.5. The van der Waals surface area contributed by atoms with Gasteiger partial charge in [0.1, 0.15) is 5.75 Å². The van der Waals surface area contributed by atoms with Gasteiger partial charge >= 0.3 is 0 Å². The van der Waals surface area contributed by atoms with Gasteiger partial charge in [0.05, 0.1) is 13.7 Å². The topological polar surface area (TPSA) is 84.0 Å². The van der Waals surface area contributed by atoms with Crippen molar-refractivity contribution in [3.8, 4) is 5.75 Å². The van der Waals surface area contributed by atoms with Crippen LogP contribution in [0.4, 0.5) is 0 Å². The molecule has 0 fully saturated rings. The van der Waals surface area contributed by atoms with Crippen molar-refractivity contribution in [1.82, 2.24) is 16.0 Å². The third-order valence-corrected chi connectivity index (χ3v) is 4.55. The van der Waals surface area contributed by atoms with Crippen LogP contribution in [0.1, 0.15) is 41.8 Å². The van der Waals surface area contributed by atoms with Gasteiger partial charge in [-0.1, -0.05) is 24.3 Å². The number of carbonyl (C=O) groups is 1. The van der Waals surface area contributed by atoms with Crippen molar-refractivity contribution in [2.75, 3.05) is 33.4 Å². The Hall–Kier alpha value is -2.33. The first-order chi connectivity index (χ1) is 15.2. The largest absolute Gasteiger partial charge is 0.497 e. The van der Waals surface area contributed by atoms with Gasteiger partial charge < -0.3 is 25.4 Å². The minimum absolute atomic E-state index is 0. The molecule has 0 aliphatic rings. The number of halogens is 1. The molecule has 0 aromatic heterocycles. The zero-order valence-corrected chi connectivity index (χ0v) is 21.5. The first kappa shape index (κ1) is 27.7. The number of nitrogens with zero attached hydrogens (tertiary/aromatic N) is 1. The number of hydrogen-bond acceptors (Lipinski definition) is 4. The Morgan fingerprint density at radius 2 is 1.62 bits per heavy atom. The van der Waals surface area contributed by atoms with Crippen LogP contribution in [0.5, 0.6) is 5.75 Å². The maximum atomic E-state index is 11.9. The van der Waals surface area contributed by atoms with Gasteiger partial charge in [-0.25, -0.2) is 4.99 Å². The van der Waals surface area contributed by atoms with Gasteiger partial charge in [0.25, 0.3) is 5.91 Å². The van der Waals surface area contributed by atoms with E-state index in [9.17, 15) is 4.79 Å². The molecule has 0 saturated heterocycles. The van der Waals surface area contributed by atoms with E-state index < -0.39 is 0 Å². The van der Waals surface area contributed by atoms with Crippen LogP contribution in [0.3, 0.4) is 0 Å². The monoisotopic (exact) mass is 554 g/mol. The molecule has 3 N–H and O–H groups in total. The summed E-state index contributed by atoms with van der Waals surface area (Å²) in [6.07, 6.45) is 0.901. The third-order valence-electron chi connectivity index (χ3n) is 4.55. The van der Waals surface area contributed by atoms with Crippen molar-refractivity contribution in [2.45, 2.75) is 33.4 Å². The van der Waals surface area contributed by atoms with Crippen LogP contribution in [0, 0.1) is 0 Å². The summed E-state index contributed by atoms with van der Waals surface area (Å²) in [5.74, 6) is 1.51. The highest BCUT2D eigenvalue weighted by Gasteiger charge is 2.05. The Morgan fingerprint density at radius 1 is 0.938 bits per heavy atom. The lowest BCUT2D eigenvalue weighted by atomic mass is 10.1. The molecule has 2 aromatic carbocycles. The number of ether oxygens (including phenoxy) is 2. The highest BCUT2D eigenvalue weighted by molar-refractivity contribution is 14.0. The number of carbonyl (C=O) groups excluding carboxylic acids is 1. The van der Waals surface area contributed by atoms with Gasteiger partial charge in [0.2, 0.25) is 0 Å². The molecule has 7 nitrogen and oxygen atoms in total. The molecule has 0 saturated carbocycles. The van der Waals surface area contributed by atoms with Crippen LogP contribution < -0.4 is 20.7 Å². The van der Waals surface area contributed by atoms with Gasteiger partial charge in [-0.15, -0.1) is 24.0 Å². The third kappa shape index (κ3) is 10.3. The maximum absolute atomic E-state index is 11.9. The van der Waals surface area contributed by atoms with Gasteiger partial charge in [-0.05, 0) is 55.7 Å². The summed E-state index contributed by atoms with van der Waals surface area (Å²) in [6.45, 7) is 7.89. The SMILES string of the molecule is CCNC(=O)c1ccc(CNC(=NCc2ccc(OC)cc2)NCCCOCC)cc1.I. The van der Waals surface area contributed by atoms with Crippen LogP contribution in [-0.2, 0) is 17.8 Å². The fourth-order valence-corrected chi connectivity index (χ4v) is 2.82. The smallest absolute Gasteiger partial charge is 0.251 e. The number of amides is 1. The molecule has 2 aromatic rings. The molecule has 2 rings (SSSR count). The molecule has 8 heteroatoms. The van der Waals surface area contributed by atoms with Crippen LogP contribution in [0.2, 0.25) is 0 Å². The van der Waals surface area contributed by atoms with E-state index in [1.165, 1.54) is 0 Å². The molecule has 0 heterocycles. The minimum Gasteiger partial charge on any atom is -0.497 e. The van der Waals surface area contributed by atoms with Crippen molar-refractivity contribution in [2.24, 2.45) is 4.99 Å². The predicted octanol–water partition coefficient (Wildman–Crippen LogP) is 3.72. The summed E-state index contributed by atoms with van der Waals surface area (Å²) in [4.78, 5) is 16.6. The number of hydrogen-bond donors (Lipinski definition) is 3. The lowest BCUT2D eigenvalue weighted by Gasteiger charge is -2.13. The van der Waals surface area contributed by atoms with Gasteiger partial charge in [-0.2, -0.15) is 0 Å². The van der Waals surface area contributed by atoms with E-state index in [0.717, 1.165) is 49.0 Å². The van der Waals surface area contributed by atoms with Gasteiger partial charge in [0, 0.05) is 38.4 Å². The van der Waals surface area contributed by atoms with E-state index >= 15 is 0 Å². The number of rotatable bonds is 12. The molecule has 0 bridgehead atoms. The molecule has 0 spiro atoms. The summed E-state index contributed by atoms with van der Waals surface area (Å²) in [5, 5.41) is 9.53. The number of nitrogens with one attached hydrogen (secondary N) is 3. The van der Waals surface area contributed by atoms with Crippen LogP contribution in [0.15, 0.2) is 53.5 Å². The van der Waals surface area contributed by atoms with Crippen molar-refractivity contribution >= 4 is 35.8 Å². The van der Waals surface area contributed by atoms with E-state index in [0.29, 0.717) is 25.2 Å². The summed E-state index contributed by atoms with van der Waals surface area (Å²) < 4.78 is 10.6. The van der Waals surface area contributed by atoms with E-state index in [1.54, 1.807) is 7.11 Å². The van der Waals surface area contributed by atoms with Crippen LogP contribution in [-0.4, -0.2) is 45.3 Å². The average Bonchev–Trinajstić information content (AvgIpc) is 2.81. The predicted molar refractivity (Wildman–Crippen MR) is 140 cm³/mol. The summed E-state index contributed by atoms with van der Waals surface area (Å²) in [5.41, 5.74) is 2.83. The first-order valence-electron chi connectivity index (χ1n) is 10.8. The standard InChI is InChI=1S/C24H34N4O3.HI/c1-4-25-23(29)21-11-7-19(8-12-21)17-27-24(26-15-6-16-31-5-2)28-18-20-9-13-22(30-3)14-10-20;/h7-14H,4-6,15-18H2,1-3H3,(H,25,29)(H2,26,27,28);1H. The Kier molecular flexibility index (Phi) is 14.1. The van der Waals surface area contributed by atoms with Crippen molar-refractivity contribution < 1.29 is 14.3 Å². The molecule has 32 heavy (non-hydrogen) atoms. The van der Waals surface area contributed by atoms with E-state index in [1.807, 2.05) is 62.4 Å². The van der Waals surface area contributed by atoms with E-state index in [-0.39, 0.29) is 29.9 Å². The van der Waals surface area contributed by atoms with E-state index in [2.05, 4.69) is 16.0 Å². The zero-order valence-electron chi connectivity index (χ0n) is 19.1. The number of benzene rings is 2. The highest BCUT2D eigenvalue weighted by Crippen LogP contribution is 2.12. The number of aliphatic imine (C=N–C) groups is 1. The normalized spacial score (nSPS) is 10.8. The first-order valence-corrected chi connectivity index (χ1v) is 10.8. The molecule has 0 aliphatic heterocycles. The fourth-order valence-electron chi connectivity index (χ4n) is 2.82. The van der Waals surface area contributed by atoms with Crippen molar-refractivity contribution in [3.05, 3.63) is 65.2 Å². The molecule has 1 amide bonds. The lowest BCUT2D eigenvalue weighted by Crippen LogP contribution is -2.37. The Labute approximate surface area is 208 Å². The highest BCUT2D eigenvalue weighted by atomic mass is 127. The molecular weight excluding hydrogens is 519 g/mol. The fraction of sp³-hybridized carbons (Fsp3) is 0.417. The molecule has 0 unspecified atom stereocenters. The second-order valence-corrected chi connectivity index (χ2v) is 6.90. The van der Waals surface area contributed by atoms with Gasteiger partial charge in [0.15, 0.2) is 5.96 Å². The Morgan fingerprint density at radius 3 is 2.25 bits per heavy atom. The van der Waals surface area contributed by atoms with Crippen molar-refractivity contribution in [1.29, 1.82) is 0 Å². The lowest BCUT2D eigenvalue weighted by molar-refractivity contribution is 0.0956. The van der Waals surface area contributed by atoms with Crippen LogP contribution in [0.25, 0.3) is 0 Å². The maximum Gasteiger partial charge on any atom is 0.251 e. The summed E-state index contributed by atoms with van der Waals surface area (Å²) in [7, 11) is 1.66. The molecule has 176 valence electrons. The Bertz CT molecular complexity index is 811. The van der Waals surface area contributed by atoms with Gasteiger partial charge in [-0.3, -0.25) is 4.79 Å². The number of methoxy groups -OCH3 is 1. The second kappa shape index (κ2) is 16.3. The van der Waals surface area contributed by atoms with Crippen molar-refractivity contribution in [3.63, 3.8) is 0 Å². The number of guanidine groups is 1. The minimum atomic E-state index is -0.0558. The van der Waals surface area contributed by atoms with E-state index in [4.69, 9.17) is 14.5 Å². The molecule has 0 radical (unpaired) electrons. The molecule has 0 atom stereocenters. The zero-order chi connectivity index (χ0) is 22.3. The Balaban J connectivity index is 0.00000512. The quantitative estimate of drug-likeness (QED) is 0.161. The molecular formula is C24H35IN4O3. The molecule has 0 aliphatic carbocycles. The second-order valence-electron chi connectivity index (χ2n) is 6.90. The summed E-state index contributed by atoms with van der Waals surface area (Å²) >= 11 is 0.